The van der Waals surface area contributed by atoms with Crippen LogP contribution in [-0.2, 0) is 11.0 Å². The van der Waals surface area contributed by atoms with Gasteiger partial charge in [0.2, 0.25) is 0 Å². The molecule has 3 atom stereocenters. The standard InChI is InChI=1S/C21H25N5O3S2/c1-22-20(27)18-11-14(9-10-23-18)29-13-7-8-17-19(12-13)30-21(25-17)24-15-5-3-4-6-16(15)26-31(2)28/h7-12,15-16,26H,3-6H2,1-2H3,(H,22,27)(H,24,25). The lowest BCUT2D eigenvalue weighted by molar-refractivity contribution is 0.0958. The van der Waals surface area contributed by atoms with E-state index >= 15 is 0 Å². The largest absolute Gasteiger partial charge is 0.457 e. The van der Waals surface area contributed by atoms with Gasteiger partial charge < -0.3 is 15.4 Å². The second kappa shape index (κ2) is 9.71. The zero-order valence-corrected chi connectivity index (χ0v) is 19.0. The van der Waals surface area contributed by atoms with Crippen molar-refractivity contribution in [2.45, 2.75) is 37.8 Å². The lowest BCUT2D eigenvalue weighted by atomic mass is 9.91. The quantitative estimate of drug-likeness (QED) is 0.500. The molecule has 0 aliphatic heterocycles. The van der Waals surface area contributed by atoms with Crippen LogP contribution in [0.3, 0.4) is 0 Å². The van der Waals surface area contributed by atoms with Gasteiger partial charge >= 0.3 is 0 Å². The van der Waals surface area contributed by atoms with Gasteiger partial charge in [-0.25, -0.2) is 13.9 Å². The van der Waals surface area contributed by atoms with E-state index in [1.165, 1.54) is 0 Å². The minimum atomic E-state index is -1.04. The Labute approximate surface area is 187 Å². The van der Waals surface area contributed by atoms with Crippen LogP contribution in [0.25, 0.3) is 10.2 Å². The number of nitrogens with one attached hydrogen (secondary N) is 3. The third kappa shape index (κ3) is 5.38. The van der Waals surface area contributed by atoms with Crippen molar-refractivity contribution < 1.29 is 13.7 Å². The number of thiazole rings is 1. The first-order chi connectivity index (χ1) is 15.0. The summed E-state index contributed by atoms with van der Waals surface area (Å²) in [5, 5.41) is 6.94. The number of carbonyl (C=O) groups is 1. The van der Waals surface area contributed by atoms with E-state index in [-0.39, 0.29) is 18.0 Å². The molecule has 1 aliphatic rings. The van der Waals surface area contributed by atoms with Crippen molar-refractivity contribution in [3.63, 3.8) is 0 Å². The van der Waals surface area contributed by atoms with Crippen LogP contribution in [0.4, 0.5) is 5.13 Å². The Balaban J connectivity index is 1.49. The number of nitrogens with zero attached hydrogens (tertiary/aromatic N) is 2. The number of pyridine rings is 1. The molecule has 1 saturated carbocycles. The van der Waals surface area contributed by atoms with E-state index in [4.69, 9.17) is 9.72 Å². The van der Waals surface area contributed by atoms with E-state index in [0.717, 1.165) is 41.0 Å². The highest BCUT2D eigenvalue weighted by Gasteiger charge is 2.26. The van der Waals surface area contributed by atoms with Gasteiger partial charge in [-0.2, -0.15) is 0 Å². The number of ether oxygens (including phenoxy) is 1. The number of aromatic nitrogens is 2. The molecule has 8 nitrogen and oxygen atoms in total. The number of hydrogen-bond acceptors (Lipinski definition) is 7. The Morgan fingerprint density at radius 3 is 2.71 bits per heavy atom. The van der Waals surface area contributed by atoms with Crippen LogP contribution in [-0.4, -0.2) is 45.5 Å². The van der Waals surface area contributed by atoms with Gasteiger partial charge in [-0.1, -0.05) is 24.2 Å². The molecule has 2 aromatic heterocycles. The summed E-state index contributed by atoms with van der Waals surface area (Å²) >= 11 is 1.57. The number of fused-ring (bicyclic) bond motifs is 1. The van der Waals surface area contributed by atoms with Crippen molar-refractivity contribution in [2.24, 2.45) is 0 Å². The highest BCUT2D eigenvalue weighted by Crippen LogP contribution is 2.33. The first-order valence-electron chi connectivity index (χ1n) is 10.1. The molecule has 3 unspecified atom stereocenters. The van der Waals surface area contributed by atoms with E-state index in [1.807, 2.05) is 18.2 Å². The van der Waals surface area contributed by atoms with Crippen molar-refractivity contribution in [1.29, 1.82) is 0 Å². The van der Waals surface area contributed by atoms with Gasteiger partial charge in [-0.05, 0) is 31.0 Å². The van der Waals surface area contributed by atoms with Gasteiger partial charge in [0.05, 0.1) is 21.2 Å². The van der Waals surface area contributed by atoms with E-state index in [0.29, 0.717) is 17.2 Å². The van der Waals surface area contributed by atoms with Crippen molar-refractivity contribution >= 4 is 43.6 Å². The van der Waals surface area contributed by atoms with Gasteiger partial charge in [0, 0.05) is 43.7 Å². The van der Waals surface area contributed by atoms with Crippen molar-refractivity contribution in [1.82, 2.24) is 20.0 Å². The lowest BCUT2D eigenvalue weighted by Gasteiger charge is -2.31. The summed E-state index contributed by atoms with van der Waals surface area (Å²) in [7, 11) is 0.526. The number of rotatable bonds is 7. The summed E-state index contributed by atoms with van der Waals surface area (Å²) in [6, 6.07) is 9.42. The van der Waals surface area contributed by atoms with Crippen LogP contribution in [0, 0.1) is 0 Å². The molecule has 0 bridgehead atoms. The Morgan fingerprint density at radius 2 is 1.94 bits per heavy atom. The molecule has 2 heterocycles. The molecule has 3 N–H and O–H groups in total. The third-order valence-corrected chi connectivity index (χ3v) is 6.76. The molecule has 1 aromatic carbocycles. The maximum Gasteiger partial charge on any atom is 0.269 e. The highest BCUT2D eigenvalue weighted by atomic mass is 32.2. The summed E-state index contributed by atoms with van der Waals surface area (Å²) in [6.07, 6.45) is 7.54. The minimum Gasteiger partial charge on any atom is -0.457 e. The Bertz CT molecular complexity index is 1100. The topological polar surface area (TPSA) is 105 Å². The Morgan fingerprint density at radius 1 is 1.16 bits per heavy atom. The monoisotopic (exact) mass is 459 g/mol. The Kier molecular flexibility index (Phi) is 6.79. The maximum atomic E-state index is 11.8. The van der Waals surface area contributed by atoms with E-state index in [9.17, 15) is 9.00 Å². The zero-order chi connectivity index (χ0) is 21.8. The van der Waals surface area contributed by atoms with Gasteiger partial charge in [0.15, 0.2) is 5.13 Å². The molecule has 10 heteroatoms. The number of benzene rings is 1. The van der Waals surface area contributed by atoms with Crippen LogP contribution < -0.4 is 20.1 Å². The molecule has 1 aliphatic carbocycles. The van der Waals surface area contributed by atoms with Crippen LogP contribution in [0.2, 0.25) is 0 Å². The van der Waals surface area contributed by atoms with Crippen molar-refractivity contribution in [2.75, 3.05) is 18.6 Å². The molecular formula is C21H25N5O3S2. The summed E-state index contributed by atoms with van der Waals surface area (Å²) in [5.41, 5.74) is 1.19. The fourth-order valence-electron chi connectivity index (χ4n) is 3.71. The molecule has 0 radical (unpaired) electrons. The van der Waals surface area contributed by atoms with Crippen LogP contribution in [0.5, 0.6) is 11.5 Å². The smallest absolute Gasteiger partial charge is 0.269 e. The van der Waals surface area contributed by atoms with Gasteiger partial charge in [-0.3, -0.25) is 9.78 Å². The number of amides is 1. The van der Waals surface area contributed by atoms with Crippen molar-refractivity contribution in [3.8, 4) is 11.5 Å². The summed E-state index contributed by atoms with van der Waals surface area (Å²) in [6.45, 7) is 0. The molecule has 3 aromatic rings. The summed E-state index contributed by atoms with van der Waals surface area (Å²) in [4.78, 5) is 20.5. The zero-order valence-electron chi connectivity index (χ0n) is 17.4. The van der Waals surface area contributed by atoms with Crippen LogP contribution in [0.15, 0.2) is 36.5 Å². The molecule has 0 spiro atoms. The second-order valence-electron chi connectivity index (χ2n) is 7.42. The fraction of sp³-hybridized carbons (Fsp3) is 0.381. The van der Waals surface area contributed by atoms with Gasteiger partial charge in [0.1, 0.15) is 17.2 Å². The van der Waals surface area contributed by atoms with E-state index in [1.54, 1.807) is 43.0 Å². The Hall–Kier alpha value is -2.56. The number of carbonyl (C=O) groups excluding carboxylic acids is 1. The molecule has 31 heavy (non-hydrogen) atoms. The van der Waals surface area contributed by atoms with Gasteiger partial charge in [0.25, 0.3) is 5.91 Å². The molecule has 4 rings (SSSR count). The number of anilines is 1. The average molecular weight is 460 g/mol. The SMILES string of the molecule is CNC(=O)c1cc(Oc2ccc3nc(NC4CCCCC4NS(C)=O)sc3c2)ccn1. The second-order valence-corrected chi connectivity index (χ2v) is 9.59. The van der Waals surface area contributed by atoms with E-state index < -0.39 is 11.0 Å². The molecule has 1 amide bonds. The third-order valence-electron chi connectivity index (χ3n) is 5.18. The molecule has 164 valence electrons. The fourth-order valence-corrected chi connectivity index (χ4v) is 5.37. The highest BCUT2D eigenvalue weighted by molar-refractivity contribution is 7.82. The normalized spacial score (nSPS) is 19.7. The first kappa shape index (κ1) is 21.7. The molecular weight excluding hydrogens is 434 g/mol. The van der Waals surface area contributed by atoms with Crippen molar-refractivity contribution in [3.05, 3.63) is 42.2 Å². The van der Waals surface area contributed by atoms with Crippen LogP contribution >= 0.6 is 11.3 Å². The predicted octanol–water partition coefficient (Wildman–Crippen LogP) is 3.45. The molecule has 1 fully saturated rings. The number of hydrogen-bond donors (Lipinski definition) is 3. The maximum absolute atomic E-state index is 11.8. The minimum absolute atomic E-state index is 0.173. The molecule has 0 saturated heterocycles. The summed E-state index contributed by atoms with van der Waals surface area (Å²) < 4.78 is 21.7. The van der Waals surface area contributed by atoms with Gasteiger partial charge in [-0.15, -0.1) is 0 Å². The predicted molar refractivity (Wildman–Crippen MR) is 124 cm³/mol. The summed E-state index contributed by atoms with van der Waals surface area (Å²) in [5.74, 6) is 0.941. The first-order valence-corrected chi connectivity index (χ1v) is 12.5. The van der Waals surface area contributed by atoms with E-state index in [2.05, 4.69) is 20.3 Å². The average Bonchev–Trinajstić information content (AvgIpc) is 3.16. The van der Waals surface area contributed by atoms with Crippen LogP contribution in [0.1, 0.15) is 36.2 Å². The lowest BCUT2D eigenvalue weighted by Crippen LogP contribution is -2.46.